The van der Waals surface area contributed by atoms with Crippen molar-refractivity contribution in [3.8, 4) is 11.5 Å². The van der Waals surface area contributed by atoms with E-state index in [4.69, 9.17) is 14.2 Å². The average Bonchev–Trinajstić information content (AvgIpc) is 3.11. The highest BCUT2D eigenvalue weighted by Crippen LogP contribution is 2.28. The number of aryl methyl sites for hydroxylation is 1. The fourth-order valence-corrected chi connectivity index (χ4v) is 2.95. The van der Waals surface area contributed by atoms with Gasteiger partial charge in [0.15, 0.2) is 17.6 Å². The minimum atomic E-state index is -0.969. The molecule has 0 fully saturated rings. The smallest absolute Gasteiger partial charge is 0.323 e. The number of ether oxygens (including phenoxy) is 3. The van der Waals surface area contributed by atoms with E-state index in [1.165, 1.54) is 6.92 Å². The zero-order valence-electron chi connectivity index (χ0n) is 16.9. The number of carbonyl (C=O) groups excluding carboxylic acids is 2. The lowest BCUT2D eigenvalue weighted by molar-refractivity contribution is -0.153. The second-order valence-corrected chi connectivity index (χ2v) is 6.65. The Kier molecular flexibility index (Phi) is 6.41. The van der Waals surface area contributed by atoms with Gasteiger partial charge in [0.25, 0.3) is 5.91 Å². The first kappa shape index (κ1) is 21.0. The van der Waals surface area contributed by atoms with Crippen LogP contribution in [0.2, 0.25) is 0 Å². The summed E-state index contributed by atoms with van der Waals surface area (Å²) in [4.78, 5) is 41.0. The number of hydrogen-bond donors (Lipinski definition) is 3. The van der Waals surface area contributed by atoms with E-state index in [9.17, 15) is 14.4 Å². The number of carbonyl (C=O) groups is 2. The van der Waals surface area contributed by atoms with E-state index < -0.39 is 18.0 Å². The maximum atomic E-state index is 12.3. The van der Waals surface area contributed by atoms with Crippen LogP contribution in [0.3, 0.4) is 0 Å². The number of benzene rings is 2. The number of hydrogen-bond acceptors (Lipinski definition) is 6. The molecule has 0 aliphatic carbocycles. The molecule has 0 spiro atoms. The number of aromatic amines is 2. The van der Waals surface area contributed by atoms with Gasteiger partial charge < -0.3 is 29.5 Å². The highest BCUT2D eigenvalue weighted by atomic mass is 16.5. The SMILES string of the molecule is COc1ccc(CCC(=O)O[C@H](C)C(=O)Nc2ccc3[nH]c(=O)[nH]c3c2)cc1OC. The lowest BCUT2D eigenvalue weighted by Gasteiger charge is -2.14. The van der Waals surface area contributed by atoms with Crippen molar-refractivity contribution in [3.05, 3.63) is 52.4 Å². The number of aromatic nitrogens is 2. The number of esters is 1. The minimum absolute atomic E-state index is 0.115. The molecule has 0 radical (unpaired) electrons. The highest BCUT2D eigenvalue weighted by molar-refractivity contribution is 5.96. The second-order valence-electron chi connectivity index (χ2n) is 6.65. The van der Waals surface area contributed by atoms with Crippen LogP contribution in [0.15, 0.2) is 41.2 Å². The number of methoxy groups -OCH3 is 2. The maximum absolute atomic E-state index is 12.3. The van der Waals surface area contributed by atoms with Crippen LogP contribution in [0.1, 0.15) is 18.9 Å². The monoisotopic (exact) mass is 413 g/mol. The molecule has 1 amide bonds. The van der Waals surface area contributed by atoms with Crippen LogP contribution in [-0.2, 0) is 20.7 Å². The summed E-state index contributed by atoms with van der Waals surface area (Å²) in [5, 5.41) is 2.67. The molecule has 158 valence electrons. The van der Waals surface area contributed by atoms with Crippen molar-refractivity contribution in [1.82, 2.24) is 9.97 Å². The maximum Gasteiger partial charge on any atom is 0.323 e. The van der Waals surface area contributed by atoms with Crippen molar-refractivity contribution in [1.29, 1.82) is 0 Å². The summed E-state index contributed by atoms with van der Waals surface area (Å²) in [5.74, 6) is 0.234. The predicted octanol–water partition coefficient (Wildman–Crippen LogP) is 2.38. The van der Waals surface area contributed by atoms with Gasteiger partial charge in [-0.05, 0) is 49.2 Å². The third kappa shape index (κ3) is 4.99. The first-order valence-electron chi connectivity index (χ1n) is 9.33. The van der Waals surface area contributed by atoms with Gasteiger partial charge in [0.2, 0.25) is 0 Å². The van der Waals surface area contributed by atoms with Crippen molar-refractivity contribution in [2.24, 2.45) is 0 Å². The molecular formula is C21H23N3O6. The molecule has 1 heterocycles. The van der Waals surface area contributed by atoms with Gasteiger partial charge in [-0.2, -0.15) is 0 Å². The molecule has 9 heteroatoms. The van der Waals surface area contributed by atoms with E-state index in [1.54, 1.807) is 44.6 Å². The first-order chi connectivity index (χ1) is 14.4. The zero-order chi connectivity index (χ0) is 21.7. The summed E-state index contributed by atoms with van der Waals surface area (Å²) in [6.45, 7) is 1.50. The molecule has 9 nitrogen and oxygen atoms in total. The lowest BCUT2D eigenvalue weighted by Crippen LogP contribution is -2.30. The Hall–Kier alpha value is -3.75. The van der Waals surface area contributed by atoms with Gasteiger partial charge in [0, 0.05) is 12.1 Å². The van der Waals surface area contributed by atoms with Gasteiger partial charge in [-0.3, -0.25) is 9.59 Å². The zero-order valence-corrected chi connectivity index (χ0v) is 16.9. The number of amides is 1. The number of H-pyrrole nitrogens is 2. The molecule has 3 aromatic rings. The quantitative estimate of drug-likeness (QED) is 0.487. The molecule has 0 unspecified atom stereocenters. The van der Waals surface area contributed by atoms with Crippen molar-refractivity contribution in [3.63, 3.8) is 0 Å². The fourth-order valence-electron chi connectivity index (χ4n) is 2.95. The molecule has 2 aromatic carbocycles. The molecule has 3 N–H and O–H groups in total. The van der Waals surface area contributed by atoms with Gasteiger partial charge in [0.1, 0.15) is 0 Å². The van der Waals surface area contributed by atoms with Gasteiger partial charge in [-0.1, -0.05) is 6.07 Å². The molecule has 30 heavy (non-hydrogen) atoms. The van der Waals surface area contributed by atoms with Crippen LogP contribution in [0.25, 0.3) is 11.0 Å². The molecule has 0 bridgehead atoms. The molecule has 3 rings (SSSR count). The largest absolute Gasteiger partial charge is 0.493 e. The Morgan fingerprint density at radius 2 is 1.73 bits per heavy atom. The molecule has 0 saturated carbocycles. The van der Waals surface area contributed by atoms with E-state index in [0.29, 0.717) is 34.6 Å². The van der Waals surface area contributed by atoms with Crippen LogP contribution in [0.5, 0.6) is 11.5 Å². The summed E-state index contributed by atoms with van der Waals surface area (Å²) in [5.41, 5.74) is 2.24. The van der Waals surface area contributed by atoms with Crippen LogP contribution in [-0.4, -0.2) is 42.2 Å². The summed E-state index contributed by atoms with van der Waals surface area (Å²) < 4.78 is 15.7. The molecule has 0 saturated heterocycles. The molecule has 1 atom stereocenters. The Bertz CT molecular complexity index is 1120. The van der Waals surface area contributed by atoms with Crippen LogP contribution in [0.4, 0.5) is 5.69 Å². The molecule has 0 aliphatic rings. The number of nitrogens with one attached hydrogen (secondary N) is 3. The van der Waals surface area contributed by atoms with Crippen LogP contribution >= 0.6 is 0 Å². The van der Waals surface area contributed by atoms with Gasteiger partial charge in [0.05, 0.1) is 25.3 Å². The van der Waals surface area contributed by atoms with Gasteiger partial charge >= 0.3 is 11.7 Å². The fraction of sp³-hybridized carbons (Fsp3) is 0.286. The van der Waals surface area contributed by atoms with E-state index in [-0.39, 0.29) is 12.1 Å². The average molecular weight is 413 g/mol. The number of anilines is 1. The topological polar surface area (TPSA) is 123 Å². The molecule has 1 aromatic heterocycles. The Morgan fingerprint density at radius 1 is 1.00 bits per heavy atom. The summed E-state index contributed by atoms with van der Waals surface area (Å²) in [7, 11) is 3.10. The van der Waals surface area contributed by atoms with Crippen molar-refractivity contribution in [2.45, 2.75) is 25.9 Å². The normalized spacial score (nSPS) is 11.7. The third-order valence-corrected chi connectivity index (χ3v) is 4.53. The Balaban J connectivity index is 1.52. The van der Waals surface area contributed by atoms with Crippen molar-refractivity contribution >= 4 is 28.6 Å². The highest BCUT2D eigenvalue weighted by Gasteiger charge is 2.18. The summed E-state index contributed by atoms with van der Waals surface area (Å²) in [6, 6.07) is 10.3. The summed E-state index contributed by atoms with van der Waals surface area (Å²) in [6.07, 6.45) is -0.418. The van der Waals surface area contributed by atoms with Crippen LogP contribution < -0.4 is 20.5 Å². The Morgan fingerprint density at radius 3 is 2.47 bits per heavy atom. The third-order valence-electron chi connectivity index (χ3n) is 4.53. The Labute approximate surface area is 172 Å². The molecule has 0 aliphatic heterocycles. The second kappa shape index (κ2) is 9.17. The standard InChI is InChI=1S/C21H23N3O6/c1-12(20(26)22-14-6-7-15-16(11-14)24-21(27)23-15)30-19(25)9-5-13-4-8-17(28-2)18(10-13)29-3/h4,6-8,10-12H,5,9H2,1-3H3,(H,22,26)(H2,23,24,27)/t12-/m1/s1. The molecular weight excluding hydrogens is 390 g/mol. The van der Waals surface area contributed by atoms with E-state index in [2.05, 4.69) is 15.3 Å². The number of rotatable bonds is 8. The minimum Gasteiger partial charge on any atom is -0.493 e. The van der Waals surface area contributed by atoms with E-state index in [0.717, 1.165) is 5.56 Å². The van der Waals surface area contributed by atoms with E-state index >= 15 is 0 Å². The number of imidazole rings is 1. The van der Waals surface area contributed by atoms with Gasteiger partial charge in [-0.25, -0.2) is 4.79 Å². The predicted molar refractivity (Wildman–Crippen MR) is 111 cm³/mol. The van der Waals surface area contributed by atoms with E-state index in [1.807, 2.05) is 6.07 Å². The van der Waals surface area contributed by atoms with Gasteiger partial charge in [-0.15, -0.1) is 0 Å². The van der Waals surface area contributed by atoms with Crippen molar-refractivity contribution < 1.29 is 23.8 Å². The summed E-state index contributed by atoms with van der Waals surface area (Å²) >= 11 is 0. The van der Waals surface area contributed by atoms with Crippen molar-refractivity contribution in [2.75, 3.05) is 19.5 Å². The van der Waals surface area contributed by atoms with Crippen LogP contribution in [0, 0.1) is 0 Å². The number of fused-ring (bicyclic) bond motifs is 1. The first-order valence-corrected chi connectivity index (χ1v) is 9.33. The lowest BCUT2D eigenvalue weighted by atomic mass is 10.1.